The Bertz CT molecular complexity index is 596. The molecule has 2 aromatic carbocycles. The zero-order valence-electron chi connectivity index (χ0n) is 12.0. The van der Waals surface area contributed by atoms with Crippen LogP contribution in [0.25, 0.3) is 0 Å². The van der Waals surface area contributed by atoms with E-state index in [4.69, 9.17) is 9.84 Å². The fourth-order valence-corrected chi connectivity index (χ4v) is 1.99. The summed E-state index contributed by atoms with van der Waals surface area (Å²) in [5.41, 5.74) is 1.98. The molecule has 4 nitrogen and oxygen atoms in total. The Hall–Kier alpha value is -2.49. The lowest BCUT2D eigenvalue weighted by Gasteiger charge is -2.11. The van der Waals surface area contributed by atoms with Crippen LogP contribution in [-0.4, -0.2) is 24.2 Å². The standard InChI is InChI=1S/C17H19NO3/c1-13-8-9-15(17(19)20)16(12-13)18-10-5-11-21-14-6-3-2-4-7-14/h2-4,6-9,12,18H,5,10-11H2,1H3,(H,19,20). The normalized spacial score (nSPS) is 10.1. The van der Waals surface area contributed by atoms with Gasteiger partial charge >= 0.3 is 5.97 Å². The zero-order chi connectivity index (χ0) is 15.1. The van der Waals surface area contributed by atoms with E-state index in [-0.39, 0.29) is 0 Å². The van der Waals surface area contributed by atoms with Crippen LogP contribution in [0, 0.1) is 6.92 Å². The highest BCUT2D eigenvalue weighted by atomic mass is 16.5. The highest BCUT2D eigenvalue weighted by Crippen LogP contribution is 2.17. The maximum absolute atomic E-state index is 11.1. The molecule has 0 aromatic heterocycles. The Balaban J connectivity index is 1.81. The Labute approximate surface area is 124 Å². The van der Waals surface area contributed by atoms with Gasteiger partial charge in [-0.1, -0.05) is 24.3 Å². The van der Waals surface area contributed by atoms with E-state index in [0.717, 1.165) is 17.7 Å². The molecule has 0 unspecified atom stereocenters. The maximum atomic E-state index is 11.1. The predicted molar refractivity (Wildman–Crippen MR) is 83.2 cm³/mol. The third-order valence-corrected chi connectivity index (χ3v) is 3.05. The molecule has 2 rings (SSSR count). The van der Waals surface area contributed by atoms with Gasteiger partial charge in [-0.25, -0.2) is 4.79 Å². The van der Waals surface area contributed by atoms with Crippen LogP contribution < -0.4 is 10.1 Å². The molecular formula is C17H19NO3. The smallest absolute Gasteiger partial charge is 0.337 e. The average Bonchev–Trinajstić information content (AvgIpc) is 2.48. The quantitative estimate of drug-likeness (QED) is 0.763. The highest BCUT2D eigenvalue weighted by molar-refractivity contribution is 5.94. The number of para-hydroxylation sites is 1. The molecule has 0 aliphatic heterocycles. The van der Waals surface area contributed by atoms with E-state index in [9.17, 15) is 4.79 Å². The minimum Gasteiger partial charge on any atom is -0.494 e. The Morgan fingerprint density at radius 1 is 1.19 bits per heavy atom. The summed E-state index contributed by atoms with van der Waals surface area (Å²) in [7, 11) is 0. The van der Waals surface area contributed by atoms with E-state index in [1.165, 1.54) is 0 Å². The number of anilines is 1. The third kappa shape index (κ3) is 4.53. The van der Waals surface area contributed by atoms with Gasteiger partial charge in [0.05, 0.1) is 12.2 Å². The Morgan fingerprint density at radius 2 is 1.95 bits per heavy atom. The number of hydrogen-bond donors (Lipinski definition) is 2. The van der Waals surface area contributed by atoms with Gasteiger partial charge in [-0.05, 0) is 43.2 Å². The first-order valence-electron chi connectivity index (χ1n) is 6.92. The van der Waals surface area contributed by atoms with E-state index in [1.807, 2.05) is 43.3 Å². The number of carbonyl (C=O) groups is 1. The van der Waals surface area contributed by atoms with Crippen LogP contribution in [0.1, 0.15) is 22.3 Å². The van der Waals surface area contributed by atoms with E-state index in [1.54, 1.807) is 12.1 Å². The molecule has 2 aromatic rings. The third-order valence-electron chi connectivity index (χ3n) is 3.05. The molecule has 4 heteroatoms. The number of aromatic carboxylic acids is 1. The summed E-state index contributed by atoms with van der Waals surface area (Å²) in [6.07, 6.45) is 0.794. The summed E-state index contributed by atoms with van der Waals surface area (Å²) in [6.45, 7) is 3.19. The predicted octanol–water partition coefficient (Wildman–Crippen LogP) is 3.57. The number of ether oxygens (including phenoxy) is 1. The SMILES string of the molecule is Cc1ccc(C(=O)O)c(NCCCOc2ccccc2)c1. The fourth-order valence-electron chi connectivity index (χ4n) is 1.99. The molecule has 0 aliphatic rings. The Kier molecular flexibility index (Phi) is 5.21. The van der Waals surface area contributed by atoms with Gasteiger partial charge in [-0.2, -0.15) is 0 Å². The van der Waals surface area contributed by atoms with Gasteiger partial charge in [-0.15, -0.1) is 0 Å². The van der Waals surface area contributed by atoms with Gasteiger partial charge < -0.3 is 15.2 Å². The zero-order valence-corrected chi connectivity index (χ0v) is 12.0. The summed E-state index contributed by atoms with van der Waals surface area (Å²) in [5.74, 6) is -0.0719. The average molecular weight is 285 g/mol. The number of nitrogens with one attached hydrogen (secondary N) is 1. The molecule has 0 radical (unpaired) electrons. The molecule has 0 heterocycles. The van der Waals surface area contributed by atoms with Gasteiger partial charge in [0.15, 0.2) is 0 Å². The van der Waals surface area contributed by atoms with Crippen molar-refractivity contribution in [3.8, 4) is 5.75 Å². The van der Waals surface area contributed by atoms with Crippen molar-refractivity contribution in [2.75, 3.05) is 18.5 Å². The second-order valence-electron chi connectivity index (χ2n) is 4.80. The molecule has 110 valence electrons. The van der Waals surface area contributed by atoms with Crippen LogP contribution in [0.5, 0.6) is 5.75 Å². The largest absolute Gasteiger partial charge is 0.494 e. The molecule has 0 fully saturated rings. The minimum absolute atomic E-state index is 0.296. The van der Waals surface area contributed by atoms with Crippen molar-refractivity contribution in [3.05, 3.63) is 59.7 Å². The highest BCUT2D eigenvalue weighted by Gasteiger charge is 2.09. The van der Waals surface area contributed by atoms with Crippen LogP contribution in [0.2, 0.25) is 0 Å². The first-order valence-corrected chi connectivity index (χ1v) is 6.92. The molecular weight excluding hydrogens is 266 g/mol. The first kappa shape index (κ1) is 14.9. The second-order valence-corrected chi connectivity index (χ2v) is 4.80. The number of carboxylic acid groups (broad SMARTS) is 1. The Morgan fingerprint density at radius 3 is 2.67 bits per heavy atom. The van der Waals surface area contributed by atoms with Crippen molar-refractivity contribution < 1.29 is 14.6 Å². The second kappa shape index (κ2) is 7.33. The van der Waals surface area contributed by atoms with Crippen molar-refractivity contribution in [3.63, 3.8) is 0 Å². The molecule has 0 saturated heterocycles. The van der Waals surface area contributed by atoms with Crippen molar-refractivity contribution in [2.24, 2.45) is 0 Å². The summed E-state index contributed by atoms with van der Waals surface area (Å²) in [6, 6.07) is 14.9. The summed E-state index contributed by atoms with van der Waals surface area (Å²) in [5, 5.41) is 12.3. The van der Waals surface area contributed by atoms with Gasteiger partial charge in [-0.3, -0.25) is 0 Å². The minimum atomic E-state index is -0.918. The lowest BCUT2D eigenvalue weighted by Crippen LogP contribution is -2.10. The lowest BCUT2D eigenvalue weighted by atomic mass is 10.1. The van der Waals surface area contributed by atoms with Crippen LogP contribution in [0.3, 0.4) is 0 Å². The monoisotopic (exact) mass is 285 g/mol. The van der Waals surface area contributed by atoms with E-state index in [2.05, 4.69) is 5.32 Å². The van der Waals surface area contributed by atoms with Crippen LogP contribution in [0.4, 0.5) is 5.69 Å². The molecule has 2 N–H and O–H groups in total. The number of aryl methyl sites for hydroxylation is 1. The topological polar surface area (TPSA) is 58.6 Å². The lowest BCUT2D eigenvalue weighted by molar-refractivity contribution is 0.0698. The molecule has 0 amide bonds. The van der Waals surface area contributed by atoms with Crippen molar-refractivity contribution in [1.29, 1.82) is 0 Å². The molecule has 0 bridgehead atoms. The summed E-state index contributed by atoms with van der Waals surface area (Å²) >= 11 is 0. The van der Waals surface area contributed by atoms with E-state index >= 15 is 0 Å². The number of carboxylic acids is 1. The van der Waals surface area contributed by atoms with Gasteiger partial charge in [0.25, 0.3) is 0 Å². The summed E-state index contributed by atoms with van der Waals surface area (Å²) < 4.78 is 5.59. The van der Waals surface area contributed by atoms with E-state index < -0.39 is 5.97 Å². The molecule has 0 saturated carbocycles. The fraction of sp³-hybridized carbons (Fsp3) is 0.235. The summed E-state index contributed by atoms with van der Waals surface area (Å²) in [4.78, 5) is 11.1. The number of hydrogen-bond acceptors (Lipinski definition) is 3. The van der Waals surface area contributed by atoms with Crippen LogP contribution in [-0.2, 0) is 0 Å². The van der Waals surface area contributed by atoms with Crippen molar-refractivity contribution in [1.82, 2.24) is 0 Å². The maximum Gasteiger partial charge on any atom is 0.337 e. The van der Waals surface area contributed by atoms with Crippen LogP contribution in [0.15, 0.2) is 48.5 Å². The number of benzene rings is 2. The van der Waals surface area contributed by atoms with Gasteiger partial charge in [0.1, 0.15) is 5.75 Å². The molecule has 0 aliphatic carbocycles. The van der Waals surface area contributed by atoms with Gasteiger partial charge in [0.2, 0.25) is 0 Å². The van der Waals surface area contributed by atoms with Gasteiger partial charge in [0, 0.05) is 12.2 Å². The first-order chi connectivity index (χ1) is 10.2. The molecule has 0 atom stereocenters. The van der Waals surface area contributed by atoms with Crippen molar-refractivity contribution in [2.45, 2.75) is 13.3 Å². The number of rotatable bonds is 7. The van der Waals surface area contributed by atoms with E-state index in [0.29, 0.717) is 24.4 Å². The molecule has 21 heavy (non-hydrogen) atoms. The van der Waals surface area contributed by atoms with Crippen molar-refractivity contribution >= 4 is 11.7 Å². The molecule has 0 spiro atoms. The van der Waals surface area contributed by atoms with Crippen LogP contribution >= 0.6 is 0 Å².